The van der Waals surface area contributed by atoms with Crippen LogP contribution in [0.25, 0.3) is 0 Å². The molecule has 0 aliphatic carbocycles. The van der Waals surface area contributed by atoms with E-state index in [1.807, 2.05) is 33.8 Å². The molecule has 0 radical (unpaired) electrons. The average molecular weight is 327 g/mol. The Morgan fingerprint density at radius 1 is 1.35 bits per heavy atom. The van der Waals surface area contributed by atoms with E-state index in [1.54, 1.807) is 32.9 Å². The summed E-state index contributed by atoms with van der Waals surface area (Å²) in [4.78, 5) is 11.6. The van der Waals surface area contributed by atoms with E-state index in [1.165, 1.54) is 0 Å². The van der Waals surface area contributed by atoms with E-state index in [4.69, 9.17) is 9.47 Å². The molecule has 2 N–H and O–H groups in total. The van der Waals surface area contributed by atoms with Gasteiger partial charge in [0, 0.05) is 0 Å². The van der Waals surface area contributed by atoms with Gasteiger partial charge in [0.15, 0.2) is 0 Å². The van der Waals surface area contributed by atoms with Crippen LogP contribution in [-0.4, -0.2) is 36.1 Å². The lowest BCUT2D eigenvalue weighted by atomic mass is 10.2. The monoisotopic (exact) mass is 327 g/mol. The van der Waals surface area contributed by atoms with Crippen molar-refractivity contribution in [2.75, 3.05) is 13.2 Å². The SMILES string of the molecule is C=C/C(C)=C\C(=C/C)OCC(CO)NC(=O)OC(C)(C)C.CC. The topological polar surface area (TPSA) is 67.8 Å². The zero-order chi connectivity index (χ0) is 18.5. The summed E-state index contributed by atoms with van der Waals surface area (Å²) >= 11 is 0. The standard InChI is InChI=1S/C16H27NO4.C2H6/c1-7-12(3)9-14(8-2)20-11-13(10-18)17-15(19)21-16(4,5)6;1-2/h7-9,13,18H,1,10-11H2,2-6H3,(H,17,19);1-2H3/b12-9-,14-8+;. The van der Waals surface area contributed by atoms with Crippen LogP contribution in [0.4, 0.5) is 4.79 Å². The van der Waals surface area contributed by atoms with Crippen LogP contribution in [0.15, 0.2) is 36.1 Å². The summed E-state index contributed by atoms with van der Waals surface area (Å²) in [6.45, 7) is 16.7. The van der Waals surface area contributed by atoms with Gasteiger partial charge in [0.05, 0.1) is 12.6 Å². The molecule has 1 amide bonds. The Bertz CT molecular complexity index is 406. The number of carbonyl (C=O) groups is 1. The van der Waals surface area contributed by atoms with Crippen molar-refractivity contribution in [3.63, 3.8) is 0 Å². The van der Waals surface area contributed by atoms with Crippen molar-refractivity contribution < 1.29 is 19.4 Å². The number of ether oxygens (including phenoxy) is 2. The van der Waals surface area contributed by atoms with Gasteiger partial charge in [0.2, 0.25) is 0 Å². The first kappa shape index (κ1) is 23.5. The second-order valence-electron chi connectivity index (χ2n) is 5.62. The largest absolute Gasteiger partial charge is 0.492 e. The maximum absolute atomic E-state index is 11.6. The third kappa shape index (κ3) is 13.6. The van der Waals surface area contributed by atoms with E-state index < -0.39 is 17.7 Å². The Labute approximate surface area is 141 Å². The highest BCUT2D eigenvalue weighted by atomic mass is 16.6. The average Bonchev–Trinajstić information content (AvgIpc) is 2.49. The van der Waals surface area contributed by atoms with Gasteiger partial charge < -0.3 is 19.9 Å². The number of aliphatic hydroxyl groups is 1. The summed E-state index contributed by atoms with van der Waals surface area (Å²) in [7, 11) is 0. The van der Waals surface area contributed by atoms with Gasteiger partial charge in [0.1, 0.15) is 18.0 Å². The first-order chi connectivity index (χ1) is 10.7. The van der Waals surface area contributed by atoms with Crippen LogP contribution in [-0.2, 0) is 9.47 Å². The van der Waals surface area contributed by atoms with Gasteiger partial charge in [-0.3, -0.25) is 0 Å². The second-order valence-corrected chi connectivity index (χ2v) is 5.62. The van der Waals surface area contributed by atoms with Crippen molar-refractivity contribution in [3.05, 3.63) is 36.1 Å². The van der Waals surface area contributed by atoms with Crippen LogP contribution in [0.1, 0.15) is 48.5 Å². The first-order valence-corrected chi connectivity index (χ1v) is 7.92. The molecular weight excluding hydrogens is 294 g/mol. The molecule has 0 aromatic rings. The number of nitrogens with one attached hydrogen (secondary N) is 1. The molecule has 0 heterocycles. The normalized spacial score (nSPS) is 13.4. The zero-order valence-electron chi connectivity index (χ0n) is 15.6. The zero-order valence-corrected chi connectivity index (χ0v) is 15.6. The van der Waals surface area contributed by atoms with Crippen LogP contribution >= 0.6 is 0 Å². The van der Waals surface area contributed by atoms with Gasteiger partial charge in [0.25, 0.3) is 0 Å². The maximum Gasteiger partial charge on any atom is 0.408 e. The number of carbonyl (C=O) groups excluding carboxylic acids is 1. The summed E-state index contributed by atoms with van der Waals surface area (Å²) in [5, 5.41) is 11.9. The molecule has 5 nitrogen and oxygen atoms in total. The highest BCUT2D eigenvalue weighted by Crippen LogP contribution is 2.08. The molecule has 0 aromatic heterocycles. The molecule has 134 valence electrons. The van der Waals surface area contributed by atoms with E-state index in [0.717, 1.165) is 5.57 Å². The molecule has 0 aliphatic rings. The van der Waals surface area contributed by atoms with Crippen LogP contribution < -0.4 is 5.32 Å². The molecule has 0 saturated heterocycles. The third-order valence-electron chi connectivity index (χ3n) is 2.37. The Kier molecular flexibility index (Phi) is 13.0. The fraction of sp³-hybridized carbons (Fsp3) is 0.611. The molecule has 1 unspecified atom stereocenters. The van der Waals surface area contributed by atoms with E-state index in [9.17, 15) is 9.90 Å². The van der Waals surface area contributed by atoms with Crippen molar-refractivity contribution in [2.24, 2.45) is 0 Å². The molecule has 5 heteroatoms. The first-order valence-electron chi connectivity index (χ1n) is 7.92. The van der Waals surface area contributed by atoms with Gasteiger partial charge in [-0.05, 0) is 52.3 Å². The van der Waals surface area contributed by atoms with Gasteiger partial charge >= 0.3 is 6.09 Å². The van der Waals surface area contributed by atoms with Crippen LogP contribution in [0, 0.1) is 0 Å². The Morgan fingerprint density at radius 3 is 2.30 bits per heavy atom. The fourth-order valence-electron chi connectivity index (χ4n) is 1.30. The highest BCUT2D eigenvalue weighted by Gasteiger charge is 2.19. The number of hydrogen-bond acceptors (Lipinski definition) is 4. The summed E-state index contributed by atoms with van der Waals surface area (Å²) in [6, 6.07) is -0.535. The lowest BCUT2D eigenvalue weighted by Gasteiger charge is -2.23. The van der Waals surface area contributed by atoms with Gasteiger partial charge in [-0.25, -0.2) is 4.79 Å². The molecule has 0 aliphatic heterocycles. The number of aliphatic hydroxyl groups excluding tert-OH is 1. The Balaban J connectivity index is 0. The predicted octanol–water partition coefficient (Wildman–Crippen LogP) is 3.95. The summed E-state index contributed by atoms with van der Waals surface area (Å²) in [5.41, 5.74) is 0.382. The van der Waals surface area contributed by atoms with Gasteiger partial charge in [-0.2, -0.15) is 0 Å². The van der Waals surface area contributed by atoms with Gasteiger partial charge in [-0.1, -0.05) is 26.5 Å². The lowest BCUT2D eigenvalue weighted by molar-refractivity contribution is 0.0438. The molecule has 0 fully saturated rings. The van der Waals surface area contributed by atoms with E-state index in [2.05, 4.69) is 11.9 Å². The number of rotatable bonds is 7. The Morgan fingerprint density at radius 2 is 1.91 bits per heavy atom. The van der Waals surface area contributed by atoms with Crippen molar-refractivity contribution in [3.8, 4) is 0 Å². The maximum atomic E-state index is 11.6. The molecule has 0 saturated carbocycles. The van der Waals surface area contributed by atoms with Gasteiger partial charge in [-0.15, -0.1) is 0 Å². The van der Waals surface area contributed by atoms with E-state index in [-0.39, 0.29) is 13.2 Å². The summed E-state index contributed by atoms with van der Waals surface area (Å²) < 4.78 is 10.7. The molecule has 0 rings (SSSR count). The molecule has 0 aromatic carbocycles. The minimum Gasteiger partial charge on any atom is -0.492 e. The predicted molar refractivity (Wildman–Crippen MR) is 95.3 cm³/mol. The number of hydrogen-bond donors (Lipinski definition) is 2. The van der Waals surface area contributed by atoms with Crippen LogP contribution in [0.3, 0.4) is 0 Å². The quantitative estimate of drug-likeness (QED) is 0.549. The highest BCUT2D eigenvalue weighted by molar-refractivity contribution is 5.68. The number of alkyl carbamates (subject to hydrolysis) is 1. The Hall–Kier alpha value is -1.75. The number of amides is 1. The number of allylic oxidation sites excluding steroid dienone is 4. The smallest absolute Gasteiger partial charge is 0.408 e. The van der Waals surface area contributed by atoms with E-state index in [0.29, 0.717) is 5.76 Å². The van der Waals surface area contributed by atoms with Crippen molar-refractivity contribution >= 4 is 6.09 Å². The van der Waals surface area contributed by atoms with Crippen molar-refractivity contribution in [2.45, 2.75) is 60.1 Å². The van der Waals surface area contributed by atoms with Crippen LogP contribution in [0.5, 0.6) is 0 Å². The molecule has 0 bridgehead atoms. The molecule has 0 spiro atoms. The fourth-order valence-corrected chi connectivity index (χ4v) is 1.30. The molecule has 1 atom stereocenters. The van der Waals surface area contributed by atoms with E-state index >= 15 is 0 Å². The second kappa shape index (κ2) is 12.8. The van der Waals surface area contributed by atoms with Crippen molar-refractivity contribution in [1.29, 1.82) is 0 Å². The van der Waals surface area contributed by atoms with Crippen molar-refractivity contribution in [1.82, 2.24) is 5.32 Å². The lowest BCUT2D eigenvalue weighted by Crippen LogP contribution is -2.43. The molecular formula is C18H33NO4. The third-order valence-corrected chi connectivity index (χ3v) is 2.37. The molecule has 23 heavy (non-hydrogen) atoms. The minimum atomic E-state index is -0.580. The van der Waals surface area contributed by atoms with Crippen LogP contribution in [0.2, 0.25) is 0 Å². The minimum absolute atomic E-state index is 0.149. The summed E-state index contributed by atoms with van der Waals surface area (Å²) in [5.74, 6) is 0.650. The summed E-state index contributed by atoms with van der Waals surface area (Å²) in [6.07, 6.45) is 4.77.